The first-order valence-electron chi connectivity index (χ1n) is 9.12. The standard InChI is InChI=1S/C21H25N3O3/c1-15-4-3-5-16(14-15)20(25)22-18-10-12-24(13-11-18)21(26)23-17-6-8-19(27-2)9-7-17/h3-9,14,18H,10-13H2,1-2H3,(H,22,25)(H,23,26). The van der Waals surface area contributed by atoms with E-state index in [1.807, 2.05) is 55.5 Å². The summed E-state index contributed by atoms with van der Waals surface area (Å²) in [6, 6.07) is 14.8. The number of carbonyl (C=O) groups excluding carboxylic acids is 2. The zero-order valence-corrected chi connectivity index (χ0v) is 15.7. The number of aryl methyl sites for hydroxylation is 1. The highest BCUT2D eigenvalue weighted by Gasteiger charge is 2.24. The summed E-state index contributed by atoms with van der Waals surface area (Å²) in [5.41, 5.74) is 2.47. The minimum atomic E-state index is -0.122. The second-order valence-electron chi connectivity index (χ2n) is 6.76. The van der Waals surface area contributed by atoms with Crippen molar-refractivity contribution < 1.29 is 14.3 Å². The first-order chi connectivity index (χ1) is 13.0. The monoisotopic (exact) mass is 367 g/mol. The van der Waals surface area contributed by atoms with Gasteiger partial charge in [-0.15, -0.1) is 0 Å². The molecule has 1 saturated heterocycles. The van der Waals surface area contributed by atoms with Gasteiger partial charge in [0.1, 0.15) is 5.75 Å². The van der Waals surface area contributed by atoms with Crippen LogP contribution in [0.25, 0.3) is 0 Å². The molecule has 6 heteroatoms. The molecule has 0 spiro atoms. The Morgan fingerprint density at radius 3 is 2.41 bits per heavy atom. The average Bonchev–Trinajstić information content (AvgIpc) is 2.69. The smallest absolute Gasteiger partial charge is 0.321 e. The van der Waals surface area contributed by atoms with Crippen LogP contribution in [-0.4, -0.2) is 43.1 Å². The minimum Gasteiger partial charge on any atom is -0.497 e. The second-order valence-corrected chi connectivity index (χ2v) is 6.76. The summed E-state index contributed by atoms with van der Waals surface area (Å²) in [6.07, 6.45) is 1.49. The molecule has 0 aromatic heterocycles. The molecule has 0 atom stereocenters. The van der Waals surface area contributed by atoms with E-state index in [2.05, 4.69) is 10.6 Å². The number of rotatable bonds is 4. The number of nitrogens with zero attached hydrogens (tertiary/aromatic N) is 1. The number of nitrogens with one attached hydrogen (secondary N) is 2. The Morgan fingerprint density at radius 2 is 1.78 bits per heavy atom. The molecular formula is C21H25N3O3. The summed E-state index contributed by atoms with van der Waals surface area (Å²) in [5, 5.41) is 5.97. The van der Waals surface area contributed by atoms with Gasteiger partial charge in [-0.2, -0.15) is 0 Å². The first-order valence-corrected chi connectivity index (χ1v) is 9.12. The molecule has 1 aliphatic rings. The molecule has 2 aromatic rings. The van der Waals surface area contributed by atoms with Crippen LogP contribution in [0.5, 0.6) is 5.75 Å². The van der Waals surface area contributed by atoms with E-state index in [1.165, 1.54) is 0 Å². The summed E-state index contributed by atoms with van der Waals surface area (Å²) in [5.74, 6) is 0.693. The first kappa shape index (κ1) is 18.8. The zero-order chi connectivity index (χ0) is 19.2. The largest absolute Gasteiger partial charge is 0.497 e. The van der Waals surface area contributed by atoms with Crippen LogP contribution in [0.2, 0.25) is 0 Å². The number of anilines is 1. The Bertz CT molecular complexity index is 797. The quantitative estimate of drug-likeness (QED) is 0.870. The van der Waals surface area contributed by atoms with Gasteiger partial charge in [0.05, 0.1) is 7.11 Å². The summed E-state index contributed by atoms with van der Waals surface area (Å²) in [6.45, 7) is 3.19. The van der Waals surface area contributed by atoms with E-state index in [4.69, 9.17) is 4.74 Å². The summed E-state index contributed by atoms with van der Waals surface area (Å²) >= 11 is 0. The molecule has 3 rings (SSSR count). The SMILES string of the molecule is COc1ccc(NC(=O)N2CCC(NC(=O)c3cccc(C)c3)CC2)cc1. The number of carbonyl (C=O) groups is 2. The van der Waals surface area contributed by atoms with Crippen LogP contribution < -0.4 is 15.4 Å². The summed E-state index contributed by atoms with van der Waals surface area (Å²) < 4.78 is 5.11. The van der Waals surface area contributed by atoms with Crippen molar-refractivity contribution >= 4 is 17.6 Å². The Labute approximate surface area is 159 Å². The van der Waals surface area contributed by atoms with Gasteiger partial charge < -0.3 is 20.3 Å². The number of amides is 3. The normalized spacial score (nSPS) is 14.5. The summed E-state index contributed by atoms with van der Waals surface area (Å²) in [7, 11) is 1.61. The van der Waals surface area contributed by atoms with Crippen LogP contribution >= 0.6 is 0 Å². The van der Waals surface area contributed by atoms with Gasteiger partial charge in [0.15, 0.2) is 0 Å². The van der Waals surface area contributed by atoms with E-state index in [1.54, 1.807) is 12.0 Å². The molecule has 27 heavy (non-hydrogen) atoms. The molecule has 0 bridgehead atoms. The van der Waals surface area contributed by atoms with Crippen LogP contribution in [0.4, 0.5) is 10.5 Å². The molecule has 0 unspecified atom stereocenters. The zero-order valence-electron chi connectivity index (χ0n) is 15.7. The van der Waals surface area contributed by atoms with Crippen molar-refractivity contribution in [2.45, 2.75) is 25.8 Å². The molecule has 1 heterocycles. The van der Waals surface area contributed by atoms with Crippen LogP contribution in [0.1, 0.15) is 28.8 Å². The topological polar surface area (TPSA) is 70.7 Å². The molecule has 0 aliphatic carbocycles. The van der Waals surface area contributed by atoms with Crippen LogP contribution in [0.3, 0.4) is 0 Å². The number of ether oxygens (including phenoxy) is 1. The number of urea groups is 1. The molecule has 1 fully saturated rings. The summed E-state index contributed by atoms with van der Waals surface area (Å²) in [4.78, 5) is 26.5. The van der Waals surface area contributed by atoms with E-state index in [9.17, 15) is 9.59 Å². The number of methoxy groups -OCH3 is 1. The lowest BCUT2D eigenvalue weighted by atomic mass is 10.0. The second kappa shape index (κ2) is 8.58. The Kier molecular flexibility index (Phi) is 5.96. The van der Waals surface area contributed by atoms with Crippen LogP contribution in [0.15, 0.2) is 48.5 Å². The van der Waals surface area contributed by atoms with Gasteiger partial charge in [-0.05, 0) is 56.2 Å². The highest BCUT2D eigenvalue weighted by Crippen LogP contribution is 2.17. The van der Waals surface area contributed by atoms with Gasteiger partial charge in [-0.25, -0.2) is 4.79 Å². The van der Waals surface area contributed by atoms with Gasteiger partial charge in [0.2, 0.25) is 0 Å². The van der Waals surface area contributed by atoms with Crippen molar-refractivity contribution in [2.24, 2.45) is 0 Å². The minimum absolute atomic E-state index is 0.0557. The number of hydrogen-bond donors (Lipinski definition) is 2. The van der Waals surface area contributed by atoms with E-state index in [-0.39, 0.29) is 18.0 Å². The van der Waals surface area contributed by atoms with Crippen LogP contribution in [0, 0.1) is 6.92 Å². The number of likely N-dealkylation sites (tertiary alicyclic amines) is 1. The average molecular weight is 367 g/mol. The maximum atomic E-state index is 12.4. The van der Waals surface area contributed by atoms with Crippen molar-refractivity contribution in [1.82, 2.24) is 10.2 Å². The lowest BCUT2D eigenvalue weighted by Gasteiger charge is -2.32. The Balaban J connectivity index is 1.47. The van der Waals surface area contributed by atoms with Crippen molar-refractivity contribution in [2.75, 3.05) is 25.5 Å². The van der Waals surface area contributed by atoms with Gasteiger partial charge >= 0.3 is 6.03 Å². The predicted octanol–water partition coefficient (Wildman–Crippen LogP) is 3.43. The van der Waals surface area contributed by atoms with Crippen molar-refractivity contribution in [1.29, 1.82) is 0 Å². The van der Waals surface area contributed by atoms with E-state index in [0.717, 1.165) is 29.8 Å². The van der Waals surface area contributed by atoms with Crippen LogP contribution in [-0.2, 0) is 0 Å². The molecule has 0 saturated carbocycles. The fourth-order valence-corrected chi connectivity index (χ4v) is 3.16. The number of benzene rings is 2. The van der Waals surface area contributed by atoms with Gasteiger partial charge in [-0.1, -0.05) is 17.7 Å². The van der Waals surface area contributed by atoms with Crippen molar-refractivity contribution in [3.8, 4) is 5.75 Å². The fraction of sp³-hybridized carbons (Fsp3) is 0.333. The maximum Gasteiger partial charge on any atom is 0.321 e. The third kappa shape index (κ3) is 5.00. The van der Waals surface area contributed by atoms with Gasteiger partial charge in [0, 0.05) is 30.4 Å². The molecule has 142 valence electrons. The highest BCUT2D eigenvalue weighted by atomic mass is 16.5. The number of piperidine rings is 1. The van der Waals surface area contributed by atoms with E-state index < -0.39 is 0 Å². The Morgan fingerprint density at radius 1 is 1.07 bits per heavy atom. The lowest BCUT2D eigenvalue weighted by Crippen LogP contribution is -2.47. The predicted molar refractivity (Wildman–Crippen MR) is 105 cm³/mol. The highest BCUT2D eigenvalue weighted by molar-refractivity contribution is 5.94. The molecular weight excluding hydrogens is 342 g/mol. The van der Waals surface area contributed by atoms with Gasteiger partial charge in [0.25, 0.3) is 5.91 Å². The molecule has 2 N–H and O–H groups in total. The molecule has 2 aromatic carbocycles. The van der Waals surface area contributed by atoms with Crippen molar-refractivity contribution in [3.63, 3.8) is 0 Å². The van der Waals surface area contributed by atoms with Gasteiger partial charge in [-0.3, -0.25) is 4.79 Å². The third-order valence-electron chi connectivity index (χ3n) is 4.74. The Hall–Kier alpha value is -3.02. The maximum absolute atomic E-state index is 12.4. The molecule has 3 amide bonds. The fourth-order valence-electron chi connectivity index (χ4n) is 3.16. The molecule has 0 radical (unpaired) electrons. The van der Waals surface area contributed by atoms with Crippen molar-refractivity contribution in [3.05, 3.63) is 59.7 Å². The number of hydrogen-bond acceptors (Lipinski definition) is 3. The van der Waals surface area contributed by atoms with E-state index in [0.29, 0.717) is 18.7 Å². The lowest BCUT2D eigenvalue weighted by molar-refractivity contribution is 0.0919. The van der Waals surface area contributed by atoms with E-state index >= 15 is 0 Å². The third-order valence-corrected chi connectivity index (χ3v) is 4.74. The molecule has 1 aliphatic heterocycles. The molecule has 6 nitrogen and oxygen atoms in total.